The van der Waals surface area contributed by atoms with E-state index in [4.69, 9.17) is 0 Å². The number of hydrogen-bond acceptors (Lipinski definition) is 2. The van der Waals surface area contributed by atoms with Crippen molar-refractivity contribution in [1.82, 2.24) is 15.0 Å². The number of benzene rings is 2. The first-order chi connectivity index (χ1) is 16.9. The zero-order valence-electron chi connectivity index (χ0n) is 19.1. The third-order valence-corrected chi connectivity index (χ3v) is 7.33. The Kier molecular flexibility index (Phi) is 5.95. The fourth-order valence-electron chi connectivity index (χ4n) is 5.38. The summed E-state index contributed by atoms with van der Waals surface area (Å²) in [5.74, 6) is -0.100. The van der Waals surface area contributed by atoms with Crippen molar-refractivity contribution in [2.24, 2.45) is 5.92 Å². The van der Waals surface area contributed by atoms with Crippen LogP contribution in [0.1, 0.15) is 67.0 Å². The number of nitrogens with zero attached hydrogens (tertiary/aromatic N) is 2. The highest BCUT2D eigenvalue weighted by atomic mass is 19.4. The molecule has 1 fully saturated rings. The Morgan fingerprint density at radius 3 is 2.31 bits per heavy atom. The highest BCUT2D eigenvalue weighted by molar-refractivity contribution is 5.83. The van der Waals surface area contributed by atoms with Gasteiger partial charge in [0.15, 0.2) is 0 Å². The summed E-state index contributed by atoms with van der Waals surface area (Å²) in [6.07, 6.45) is -5.10. The van der Waals surface area contributed by atoms with E-state index in [1.807, 2.05) is 13.0 Å². The third kappa shape index (κ3) is 4.53. The predicted octanol–water partition coefficient (Wildman–Crippen LogP) is 8.37. The number of nitrogens with one attached hydrogen (secondary N) is 1. The molecule has 0 amide bonds. The molecule has 1 aliphatic carbocycles. The molecule has 0 radical (unpaired) electrons. The highest BCUT2D eigenvalue weighted by Crippen LogP contribution is 2.44. The fourth-order valence-corrected chi connectivity index (χ4v) is 5.38. The molecule has 1 N–H and O–H groups in total. The maximum atomic E-state index is 13.8. The minimum Gasteiger partial charge on any atom is -0.342 e. The van der Waals surface area contributed by atoms with Gasteiger partial charge < -0.3 is 4.98 Å². The molecular weight excluding hydrogens is 487 g/mol. The number of rotatable bonds is 3. The molecule has 4 aromatic rings. The summed E-state index contributed by atoms with van der Waals surface area (Å²) in [6, 6.07) is 7.18. The number of aromatic amines is 1. The molecule has 1 saturated carbocycles. The van der Waals surface area contributed by atoms with Gasteiger partial charge in [0.2, 0.25) is 0 Å². The minimum absolute atomic E-state index is 0.0862. The van der Waals surface area contributed by atoms with E-state index in [0.717, 1.165) is 36.6 Å². The molecule has 0 unspecified atom stereocenters. The van der Waals surface area contributed by atoms with E-state index in [2.05, 4.69) is 15.0 Å². The largest absolute Gasteiger partial charge is 0.418 e. The lowest BCUT2D eigenvalue weighted by Gasteiger charge is -2.32. The molecular formula is C26H22F7N3. The second kappa shape index (κ2) is 8.74. The van der Waals surface area contributed by atoms with E-state index >= 15 is 0 Å². The van der Waals surface area contributed by atoms with Gasteiger partial charge in [-0.2, -0.15) is 26.3 Å². The average molecular weight is 509 g/mol. The summed E-state index contributed by atoms with van der Waals surface area (Å²) < 4.78 is 94.1. The lowest BCUT2D eigenvalue weighted by atomic mass is 9.73. The molecule has 0 spiro atoms. The van der Waals surface area contributed by atoms with Gasteiger partial charge in [-0.15, -0.1) is 0 Å². The molecule has 1 atom stereocenters. The van der Waals surface area contributed by atoms with Crippen molar-refractivity contribution >= 4 is 21.9 Å². The SMILES string of the molecule is C[C@H](c1nc2c(C(F)(F)F)cc(C(F)(F)F)cc2[nH]1)C1CCC(c2ccnc3ccc(F)cc23)CC1. The highest BCUT2D eigenvalue weighted by Gasteiger charge is 2.39. The smallest absolute Gasteiger partial charge is 0.342 e. The Labute approximate surface area is 201 Å². The second-order valence-corrected chi connectivity index (χ2v) is 9.50. The maximum absolute atomic E-state index is 13.8. The molecule has 1 aliphatic rings. The van der Waals surface area contributed by atoms with Gasteiger partial charge in [0.1, 0.15) is 17.2 Å². The number of halogens is 7. The number of fused-ring (bicyclic) bond motifs is 2. The predicted molar refractivity (Wildman–Crippen MR) is 121 cm³/mol. The molecule has 190 valence electrons. The summed E-state index contributed by atoms with van der Waals surface area (Å²) in [4.78, 5) is 11.1. The zero-order valence-corrected chi connectivity index (χ0v) is 19.1. The summed E-state index contributed by atoms with van der Waals surface area (Å²) in [5.41, 5.74) is -1.82. The maximum Gasteiger partial charge on any atom is 0.418 e. The Hall–Kier alpha value is -3.17. The first-order valence-electron chi connectivity index (χ1n) is 11.6. The van der Waals surface area contributed by atoms with Gasteiger partial charge in [0.25, 0.3) is 0 Å². The van der Waals surface area contributed by atoms with Crippen LogP contribution in [0.5, 0.6) is 0 Å². The quantitative estimate of drug-likeness (QED) is 0.282. The van der Waals surface area contributed by atoms with Crippen molar-refractivity contribution in [3.05, 3.63) is 70.9 Å². The molecule has 5 rings (SSSR count). The van der Waals surface area contributed by atoms with Crippen LogP contribution in [0.25, 0.3) is 21.9 Å². The molecule has 2 aromatic heterocycles. The van der Waals surface area contributed by atoms with Crippen molar-refractivity contribution in [1.29, 1.82) is 0 Å². The average Bonchev–Trinajstić information content (AvgIpc) is 3.25. The molecule has 3 nitrogen and oxygen atoms in total. The van der Waals surface area contributed by atoms with E-state index in [1.165, 1.54) is 12.1 Å². The van der Waals surface area contributed by atoms with Crippen molar-refractivity contribution < 1.29 is 30.7 Å². The Morgan fingerprint density at radius 1 is 0.917 bits per heavy atom. The van der Waals surface area contributed by atoms with Crippen LogP contribution in [0, 0.1) is 11.7 Å². The molecule has 0 bridgehead atoms. The number of pyridine rings is 1. The van der Waals surface area contributed by atoms with Crippen molar-refractivity contribution in [2.45, 2.75) is 56.8 Å². The van der Waals surface area contributed by atoms with Crippen LogP contribution < -0.4 is 0 Å². The van der Waals surface area contributed by atoms with E-state index in [-0.39, 0.29) is 41.0 Å². The Bertz CT molecular complexity index is 1410. The third-order valence-electron chi connectivity index (χ3n) is 7.33. The van der Waals surface area contributed by atoms with Gasteiger partial charge in [-0.1, -0.05) is 6.92 Å². The van der Waals surface area contributed by atoms with Crippen molar-refractivity contribution in [3.8, 4) is 0 Å². The van der Waals surface area contributed by atoms with Gasteiger partial charge in [-0.3, -0.25) is 4.98 Å². The van der Waals surface area contributed by atoms with Crippen LogP contribution in [0.3, 0.4) is 0 Å². The van der Waals surface area contributed by atoms with E-state index < -0.39 is 29.0 Å². The molecule has 2 heterocycles. The summed E-state index contributed by atoms with van der Waals surface area (Å²) in [7, 11) is 0. The number of imidazole rings is 1. The second-order valence-electron chi connectivity index (χ2n) is 9.50. The molecule has 0 saturated heterocycles. The van der Waals surface area contributed by atoms with Gasteiger partial charge in [0, 0.05) is 17.5 Å². The minimum atomic E-state index is -4.97. The lowest BCUT2D eigenvalue weighted by Crippen LogP contribution is -2.19. The van der Waals surface area contributed by atoms with Gasteiger partial charge in [-0.25, -0.2) is 9.37 Å². The van der Waals surface area contributed by atoms with Crippen LogP contribution in [0.4, 0.5) is 30.7 Å². The summed E-state index contributed by atoms with van der Waals surface area (Å²) in [6.45, 7) is 1.83. The van der Waals surface area contributed by atoms with Gasteiger partial charge in [-0.05, 0) is 79.5 Å². The van der Waals surface area contributed by atoms with Crippen molar-refractivity contribution in [2.75, 3.05) is 0 Å². The van der Waals surface area contributed by atoms with E-state index in [1.54, 1.807) is 12.3 Å². The number of hydrogen-bond donors (Lipinski definition) is 1. The normalized spacial score (nSPS) is 20.2. The Morgan fingerprint density at radius 2 is 1.64 bits per heavy atom. The molecule has 36 heavy (non-hydrogen) atoms. The van der Waals surface area contributed by atoms with Crippen LogP contribution in [-0.4, -0.2) is 15.0 Å². The molecule has 10 heteroatoms. The number of aromatic nitrogens is 3. The first kappa shape index (κ1) is 24.5. The van der Waals surface area contributed by atoms with Crippen LogP contribution in [-0.2, 0) is 12.4 Å². The van der Waals surface area contributed by atoms with E-state index in [0.29, 0.717) is 11.6 Å². The topological polar surface area (TPSA) is 41.6 Å². The summed E-state index contributed by atoms with van der Waals surface area (Å²) >= 11 is 0. The molecule has 2 aromatic carbocycles. The monoisotopic (exact) mass is 509 g/mol. The Balaban J connectivity index is 1.40. The van der Waals surface area contributed by atoms with Crippen LogP contribution >= 0.6 is 0 Å². The number of H-pyrrole nitrogens is 1. The summed E-state index contributed by atoms with van der Waals surface area (Å²) in [5, 5.41) is 0.770. The van der Waals surface area contributed by atoms with Gasteiger partial charge >= 0.3 is 12.4 Å². The van der Waals surface area contributed by atoms with Crippen LogP contribution in [0.15, 0.2) is 42.6 Å². The van der Waals surface area contributed by atoms with Crippen LogP contribution in [0.2, 0.25) is 0 Å². The fraction of sp³-hybridized carbons (Fsp3) is 0.385. The van der Waals surface area contributed by atoms with E-state index in [9.17, 15) is 30.7 Å². The first-order valence-corrected chi connectivity index (χ1v) is 11.6. The van der Waals surface area contributed by atoms with Gasteiger partial charge in [0.05, 0.1) is 22.2 Å². The number of alkyl halides is 6. The lowest BCUT2D eigenvalue weighted by molar-refractivity contribution is -0.142. The van der Waals surface area contributed by atoms with Crippen molar-refractivity contribution in [3.63, 3.8) is 0 Å². The molecule has 0 aliphatic heterocycles. The zero-order chi connectivity index (χ0) is 25.8. The standard InChI is InChI=1S/C26H22F7N3/c1-13(24-35-22-11-16(25(28,29)30)10-20(23(22)36-24)26(31,32)33)14-2-4-15(5-3-14)18-8-9-34-21-7-6-17(27)12-19(18)21/h6-15H,2-5H2,1H3,(H,35,36)/t13-,14?,15?/m0/s1.